The van der Waals surface area contributed by atoms with Crippen LogP contribution in [0.2, 0.25) is 0 Å². The van der Waals surface area contributed by atoms with Crippen molar-refractivity contribution in [1.29, 1.82) is 0 Å². The predicted octanol–water partition coefficient (Wildman–Crippen LogP) is 1.38. The van der Waals surface area contributed by atoms with E-state index in [1.54, 1.807) is 0 Å². The van der Waals surface area contributed by atoms with Gasteiger partial charge in [0.25, 0.3) is 0 Å². The van der Waals surface area contributed by atoms with Crippen molar-refractivity contribution in [3.05, 3.63) is 28.0 Å². The number of phenolic OH excluding ortho intramolecular Hbond substituents is 1. The summed E-state index contributed by atoms with van der Waals surface area (Å²) in [4.78, 5) is 10.5. The SMILES string of the molecule is NC(C(=O)O)c1cc(Br)cc(F)c1O. The molecule has 6 heteroatoms. The lowest BCUT2D eigenvalue weighted by Gasteiger charge is -2.09. The van der Waals surface area contributed by atoms with E-state index < -0.39 is 23.6 Å². The van der Waals surface area contributed by atoms with Crippen molar-refractivity contribution in [2.45, 2.75) is 6.04 Å². The van der Waals surface area contributed by atoms with Crippen molar-refractivity contribution in [2.24, 2.45) is 5.73 Å². The number of hydrogen-bond acceptors (Lipinski definition) is 3. The summed E-state index contributed by atoms with van der Waals surface area (Å²) in [5.74, 6) is -2.98. The van der Waals surface area contributed by atoms with Crippen LogP contribution in [0.15, 0.2) is 16.6 Å². The van der Waals surface area contributed by atoms with E-state index in [-0.39, 0.29) is 5.56 Å². The Bertz CT molecular complexity index is 383. The highest BCUT2D eigenvalue weighted by Gasteiger charge is 2.20. The van der Waals surface area contributed by atoms with Crippen LogP contribution in [-0.2, 0) is 4.79 Å². The third-order valence-corrected chi connectivity index (χ3v) is 2.12. The first-order chi connectivity index (χ1) is 6.43. The molecule has 1 rings (SSSR count). The van der Waals surface area contributed by atoms with Gasteiger partial charge in [0.15, 0.2) is 11.6 Å². The Morgan fingerprint density at radius 2 is 2.14 bits per heavy atom. The Hall–Kier alpha value is -1.14. The third kappa shape index (κ3) is 2.02. The number of aromatic hydroxyl groups is 1. The van der Waals surface area contributed by atoms with E-state index in [1.165, 1.54) is 6.07 Å². The molecule has 0 aliphatic carbocycles. The quantitative estimate of drug-likeness (QED) is 0.753. The van der Waals surface area contributed by atoms with Gasteiger partial charge < -0.3 is 15.9 Å². The van der Waals surface area contributed by atoms with Gasteiger partial charge in [-0.25, -0.2) is 4.39 Å². The molecule has 0 saturated carbocycles. The Labute approximate surface area is 87.3 Å². The number of hydrogen-bond donors (Lipinski definition) is 3. The molecule has 0 aliphatic rings. The number of nitrogens with two attached hydrogens (primary N) is 1. The molecule has 0 fully saturated rings. The fourth-order valence-electron chi connectivity index (χ4n) is 0.956. The number of carbonyl (C=O) groups is 1. The Balaban J connectivity index is 3.26. The standard InChI is InChI=1S/C8H7BrFNO3/c9-3-1-4(6(11)8(13)14)7(12)5(10)2-3/h1-2,6,12H,11H2,(H,13,14). The highest BCUT2D eigenvalue weighted by Crippen LogP contribution is 2.29. The number of rotatable bonds is 2. The largest absolute Gasteiger partial charge is 0.505 e. The van der Waals surface area contributed by atoms with Gasteiger partial charge >= 0.3 is 5.97 Å². The molecule has 0 amide bonds. The maximum absolute atomic E-state index is 12.9. The maximum atomic E-state index is 12.9. The molecule has 1 atom stereocenters. The van der Waals surface area contributed by atoms with Crippen molar-refractivity contribution in [2.75, 3.05) is 0 Å². The molecule has 4 N–H and O–H groups in total. The van der Waals surface area contributed by atoms with E-state index in [1.807, 2.05) is 0 Å². The summed E-state index contributed by atoms with van der Waals surface area (Å²) in [7, 11) is 0. The minimum absolute atomic E-state index is 0.163. The first-order valence-electron chi connectivity index (χ1n) is 3.59. The molecule has 0 bridgehead atoms. The Morgan fingerprint density at radius 1 is 1.57 bits per heavy atom. The van der Waals surface area contributed by atoms with Crippen molar-refractivity contribution >= 4 is 21.9 Å². The topological polar surface area (TPSA) is 83.6 Å². The fraction of sp³-hybridized carbons (Fsp3) is 0.125. The zero-order chi connectivity index (χ0) is 10.9. The summed E-state index contributed by atoms with van der Waals surface area (Å²) >= 11 is 2.96. The van der Waals surface area contributed by atoms with E-state index in [0.717, 1.165) is 6.07 Å². The summed E-state index contributed by atoms with van der Waals surface area (Å²) in [6.07, 6.45) is 0. The molecule has 0 aliphatic heterocycles. The normalized spacial score (nSPS) is 12.5. The predicted molar refractivity (Wildman–Crippen MR) is 50.3 cm³/mol. The molecule has 14 heavy (non-hydrogen) atoms. The third-order valence-electron chi connectivity index (χ3n) is 1.66. The molecule has 0 saturated heterocycles. The minimum atomic E-state index is -1.44. The molecular weight excluding hydrogens is 257 g/mol. The number of halogens is 2. The zero-order valence-electron chi connectivity index (χ0n) is 6.87. The van der Waals surface area contributed by atoms with Gasteiger partial charge in [-0.15, -0.1) is 0 Å². The Kier molecular flexibility index (Phi) is 3.07. The maximum Gasteiger partial charge on any atom is 0.325 e. The second-order valence-electron chi connectivity index (χ2n) is 2.64. The molecule has 0 radical (unpaired) electrons. The average Bonchev–Trinajstić information content (AvgIpc) is 2.09. The van der Waals surface area contributed by atoms with Crippen LogP contribution in [0, 0.1) is 5.82 Å². The fourth-order valence-corrected chi connectivity index (χ4v) is 1.40. The molecule has 0 aromatic heterocycles. The number of benzene rings is 1. The molecule has 76 valence electrons. The lowest BCUT2D eigenvalue weighted by Crippen LogP contribution is -2.21. The molecule has 1 unspecified atom stereocenters. The smallest absolute Gasteiger partial charge is 0.325 e. The first-order valence-corrected chi connectivity index (χ1v) is 4.39. The van der Waals surface area contributed by atoms with E-state index in [9.17, 15) is 14.3 Å². The van der Waals surface area contributed by atoms with Gasteiger partial charge in [0, 0.05) is 10.0 Å². The molecule has 1 aromatic carbocycles. The van der Waals surface area contributed by atoms with Crippen LogP contribution in [0.5, 0.6) is 5.75 Å². The van der Waals surface area contributed by atoms with E-state index >= 15 is 0 Å². The lowest BCUT2D eigenvalue weighted by molar-refractivity contribution is -0.138. The zero-order valence-corrected chi connectivity index (χ0v) is 8.45. The second kappa shape index (κ2) is 3.93. The van der Waals surface area contributed by atoms with Crippen LogP contribution in [-0.4, -0.2) is 16.2 Å². The van der Waals surface area contributed by atoms with Crippen LogP contribution in [0.1, 0.15) is 11.6 Å². The van der Waals surface area contributed by atoms with Crippen molar-refractivity contribution in [3.63, 3.8) is 0 Å². The van der Waals surface area contributed by atoms with Gasteiger partial charge in [-0.1, -0.05) is 15.9 Å². The number of carboxylic acids is 1. The van der Waals surface area contributed by atoms with Gasteiger partial charge in [0.2, 0.25) is 0 Å². The number of aliphatic carboxylic acids is 1. The lowest BCUT2D eigenvalue weighted by atomic mass is 10.1. The van der Waals surface area contributed by atoms with Gasteiger partial charge in [0.1, 0.15) is 6.04 Å². The molecular formula is C8H7BrFNO3. The first kappa shape index (κ1) is 10.9. The average molecular weight is 264 g/mol. The van der Waals surface area contributed by atoms with Crippen molar-refractivity contribution in [3.8, 4) is 5.75 Å². The summed E-state index contributed by atoms with van der Waals surface area (Å²) in [5, 5.41) is 17.8. The molecule has 0 heterocycles. The van der Waals surface area contributed by atoms with Crippen LogP contribution < -0.4 is 5.73 Å². The second-order valence-corrected chi connectivity index (χ2v) is 3.56. The monoisotopic (exact) mass is 263 g/mol. The summed E-state index contributed by atoms with van der Waals surface area (Å²) in [6, 6.07) is 0.840. The van der Waals surface area contributed by atoms with Gasteiger partial charge in [0.05, 0.1) is 0 Å². The molecule has 4 nitrogen and oxygen atoms in total. The van der Waals surface area contributed by atoms with E-state index in [4.69, 9.17) is 10.8 Å². The van der Waals surface area contributed by atoms with Crippen LogP contribution in [0.4, 0.5) is 4.39 Å². The van der Waals surface area contributed by atoms with Gasteiger partial charge in [-0.05, 0) is 12.1 Å². The summed E-state index contributed by atoms with van der Waals surface area (Å²) < 4.78 is 13.3. The summed E-state index contributed by atoms with van der Waals surface area (Å²) in [5.41, 5.74) is 5.07. The minimum Gasteiger partial charge on any atom is -0.505 e. The highest BCUT2D eigenvalue weighted by atomic mass is 79.9. The molecule has 0 spiro atoms. The van der Waals surface area contributed by atoms with E-state index in [2.05, 4.69) is 15.9 Å². The van der Waals surface area contributed by atoms with Crippen LogP contribution in [0.3, 0.4) is 0 Å². The number of phenols is 1. The van der Waals surface area contributed by atoms with E-state index in [0.29, 0.717) is 4.47 Å². The van der Waals surface area contributed by atoms with Crippen LogP contribution in [0.25, 0.3) is 0 Å². The number of carboxylic acid groups (broad SMARTS) is 1. The Morgan fingerprint density at radius 3 is 2.64 bits per heavy atom. The van der Waals surface area contributed by atoms with Crippen molar-refractivity contribution in [1.82, 2.24) is 0 Å². The van der Waals surface area contributed by atoms with Crippen LogP contribution >= 0.6 is 15.9 Å². The highest BCUT2D eigenvalue weighted by molar-refractivity contribution is 9.10. The summed E-state index contributed by atoms with van der Waals surface area (Å²) in [6.45, 7) is 0. The van der Waals surface area contributed by atoms with Gasteiger partial charge in [-0.3, -0.25) is 4.79 Å². The van der Waals surface area contributed by atoms with Crippen molar-refractivity contribution < 1.29 is 19.4 Å². The van der Waals surface area contributed by atoms with Gasteiger partial charge in [-0.2, -0.15) is 0 Å². The molecule has 1 aromatic rings.